The van der Waals surface area contributed by atoms with Crippen molar-refractivity contribution in [3.63, 3.8) is 0 Å². The van der Waals surface area contributed by atoms with E-state index < -0.39 is 29.7 Å². The van der Waals surface area contributed by atoms with E-state index >= 15 is 0 Å². The number of carbonyl (C=O) groups excluding carboxylic acids is 1. The van der Waals surface area contributed by atoms with Crippen LogP contribution in [-0.2, 0) is 11.3 Å². The summed E-state index contributed by atoms with van der Waals surface area (Å²) in [4.78, 5) is 37.6. The summed E-state index contributed by atoms with van der Waals surface area (Å²) in [5, 5.41) is 12.0. The van der Waals surface area contributed by atoms with Crippen molar-refractivity contribution >= 4 is 5.91 Å². The number of rotatable bonds is 6. The zero-order valence-electron chi connectivity index (χ0n) is 15.7. The molecule has 1 amide bonds. The van der Waals surface area contributed by atoms with Crippen molar-refractivity contribution in [1.82, 2.24) is 14.5 Å². The lowest BCUT2D eigenvalue weighted by atomic mass is 9.96. The first-order valence-corrected chi connectivity index (χ1v) is 9.12. The molecule has 0 unspecified atom stereocenters. The number of benzene rings is 1. The minimum absolute atomic E-state index is 0.000280. The third kappa shape index (κ3) is 4.03. The van der Waals surface area contributed by atoms with Crippen molar-refractivity contribution in [2.45, 2.75) is 45.3 Å². The van der Waals surface area contributed by atoms with Gasteiger partial charge in [-0.1, -0.05) is 26.0 Å². The van der Waals surface area contributed by atoms with Crippen molar-refractivity contribution in [3.05, 3.63) is 68.2 Å². The first-order chi connectivity index (χ1) is 13.3. The second kappa shape index (κ2) is 7.80. The van der Waals surface area contributed by atoms with Gasteiger partial charge in [-0.05, 0) is 36.5 Å². The monoisotopic (exact) mass is 384 g/mol. The number of amides is 1. The maximum absolute atomic E-state index is 13.2. The topological polar surface area (TPSA) is 96.9 Å². The molecule has 0 radical (unpaired) electrons. The zero-order chi connectivity index (χ0) is 20.4. The molecule has 1 aliphatic carbocycles. The van der Waals surface area contributed by atoms with E-state index in [2.05, 4.69) is 5.32 Å². The molecule has 1 N–H and O–H groups in total. The van der Waals surface area contributed by atoms with Gasteiger partial charge in [0.25, 0.3) is 5.56 Å². The lowest BCUT2D eigenvalue weighted by molar-refractivity contribution is -0.122. The van der Waals surface area contributed by atoms with Crippen LogP contribution in [-0.4, -0.2) is 15.0 Å². The smallest absolute Gasteiger partial charge is 0.331 e. The van der Waals surface area contributed by atoms with E-state index in [1.54, 1.807) is 18.2 Å². The lowest BCUT2D eigenvalue weighted by Gasteiger charge is -2.23. The minimum Gasteiger partial charge on any atom is -0.347 e. The molecule has 1 atom stereocenters. The summed E-state index contributed by atoms with van der Waals surface area (Å²) in [6.07, 6.45) is 2.87. The van der Waals surface area contributed by atoms with E-state index in [0.29, 0.717) is 0 Å². The van der Waals surface area contributed by atoms with Gasteiger partial charge in [0.1, 0.15) is 24.0 Å². The molecule has 0 saturated heterocycles. The number of nitriles is 1. The van der Waals surface area contributed by atoms with Gasteiger partial charge < -0.3 is 5.32 Å². The molecule has 1 heterocycles. The Kier molecular flexibility index (Phi) is 5.45. The second-order valence-electron chi connectivity index (χ2n) is 7.31. The van der Waals surface area contributed by atoms with Crippen LogP contribution in [0.1, 0.15) is 49.9 Å². The minimum atomic E-state index is -0.776. The maximum atomic E-state index is 13.2. The Morgan fingerprint density at radius 3 is 2.46 bits per heavy atom. The van der Waals surface area contributed by atoms with Crippen LogP contribution in [0.15, 0.2) is 40.1 Å². The van der Waals surface area contributed by atoms with E-state index in [-0.39, 0.29) is 23.3 Å². The summed E-state index contributed by atoms with van der Waals surface area (Å²) in [6, 6.07) is 7.15. The van der Waals surface area contributed by atoms with E-state index in [0.717, 1.165) is 23.0 Å². The van der Waals surface area contributed by atoms with Gasteiger partial charge in [-0.2, -0.15) is 5.26 Å². The molecule has 1 aromatic heterocycles. The molecule has 1 fully saturated rings. The first-order valence-electron chi connectivity index (χ1n) is 9.12. The van der Waals surface area contributed by atoms with Crippen LogP contribution >= 0.6 is 0 Å². The molecule has 2 aromatic rings. The number of carbonyl (C=O) groups is 1. The molecule has 7 nitrogen and oxygen atoms in total. The van der Waals surface area contributed by atoms with Gasteiger partial charge in [-0.25, -0.2) is 13.8 Å². The number of aromatic nitrogens is 2. The Labute approximate surface area is 161 Å². The van der Waals surface area contributed by atoms with Gasteiger partial charge >= 0.3 is 5.69 Å². The fourth-order valence-electron chi connectivity index (χ4n) is 3.12. The molecular formula is C20H21FN4O3. The van der Waals surface area contributed by atoms with Crippen LogP contribution < -0.4 is 16.6 Å². The number of nitrogens with zero attached hydrogens (tertiary/aromatic N) is 3. The second-order valence-corrected chi connectivity index (χ2v) is 7.31. The van der Waals surface area contributed by atoms with Gasteiger partial charge in [0.05, 0.1) is 6.04 Å². The van der Waals surface area contributed by atoms with Gasteiger partial charge in [0.15, 0.2) is 0 Å². The fourth-order valence-corrected chi connectivity index (χ4v) is 3.12. The molecule has 0 spiro atoms. The van der Waals surface area contributed by atoms with Crippen molar-refractivity contribution in [2.75, 3.05) is 0 Å². The van der Waals surface area contributed by atoms with Gasteiger partial charge in [0, 0.05) is 12.2 Å². The molecule has 1 aliphatic rings. The summed E-state index contributed by atoms with van der Waals surface area (Å²) in [5.74, 6) is -0.905. The van der Waals surface area contributed by atoms with E-state index in [1.165, 1.54) is 22.9 Å². The van der Waals surface area contributed by atoms with Gasteiger partial charge in [-0.15, -0.1) is 0 Å². The van der Waals surface area contributed by atoms with Crippen molar-refractivity contribution in [2.24, 2.45) is 5.92 Å². The highest BCUT2D eigenvalue weighted by Crippen LogP contribution is 2.33. The van der Waals surface area contributed by atoms with Gasteiger partial charge in [-0.3, -0.25) is 14.2 Å². The summed E-state index contributed by atoms with van der Waals surface area (Å²) in [6.45, 7) is 3.32. The average molecular weight is 384 g/mol. The molecular weight excluding hydrogens is 363 g/mol. The summed E-state index contributed by atoms with van der Waals surface area (Å²) in [7, 11) is 0. The maximum Gasteiger partial charge on any atom is 0.331 e. The van der Waals surface area contributed by atoms with Crippen LogP contribution in [0.25, 0.3) is 0 Å². The molecule has 0 aliphatic heterocycles. The Bertz CT molecular complexity index is 1040. The number of halogens is 1. The van der Waals surface area contributed by atoms with Crippen LogP contribution in [0.5, 0.6) is 0 Å². The third-order valence-electron chi connectivity index (χ3n) is 4.77. The standard InChI is InChI=1S/C20H21FN4O3/c1-12(2)18(13-3-5-15(21)6-4-13)23-17(26)11-25-19(27)14(9-22)10-24(20(25)28)16-7-8-16/h3-6,10,12,16,18H,7-8,11H2,1-2H3,(H,23,26)/t18-/m0/s1. The Balaban J connectivity index is 1.87. The van der Waals surface area contributed by atoms with Crippen LogP contribution in [0, 0.1) is 23.1 Å². The van der Waals surface area contributed by atoms with Gasteiger partial charge in [0.2, 0.25) is 5.91 Å². The molecule has 8 heteroatoms. The van der Waals surface area contributed by atoms with Crippen LogP contribution in [0.4, 0.5) is 4.39 Å². The SMILES string of the molecule is CC(C)[C@H](NC(=O)Cn1c(=O)c(C#N)cn(C2CC2)c1=O)c1ccc(F)cc1. The summed E-state index contributed by atoms with van der Waals surface area (Å²) in [5.41, 5.74) is -0.816. The largest absolute Gasteiger partial charge is 0.347 e. The van der Waals surface area contributed by atoms with E-state index in [1.807, 2.05) is 13.8 Å². The van der Waals surface area contributed by atoms with Crippen LogP contribution in [0.3, 0.4) is 0 Å². The van der Waals surface area contributed by atoms with Crippen molar-refractivity contribution < 1.29 is 9.18 Å². The highest BCUT2D eigenvalue weighted by atomic mass is 19.1. The number of hydrogen-bond acceptors (Lipinski definition) is 4. The summed E-state index contributed by atoms with van der Waals surface area (Å²) < 4.78 is 15.3. The predicted molar refractivity (Wildman–Crippen MR) is 100 cm³/mol. The summed E-state index contributed by atoms with van der Waals surface area (Å²) >= 11 is 0. The highest BCUT2D eigenvalue weighted by molar-refractivity contribution is 5.76. The number of hydrogen-bond donors (Lipinski definition) is 1. The Morgan fingerprint density at radius 2 is 1.93 bits per heavy atom. The lowest BCUT2D eigenvalue weighted by Crippen LogP contribution is -2.45. The Hall–Kier alpha value is -3.21. The molecule has 1 aromatic carbocycles. The molecule has 28 heavy (non-hydrogen) atoms. The Morgan fingerprint density at radius 1 is 1.29 bits per heavy atom. The predicted octanol–water partition coefficient (Wildman–Crippen LogP) is 1.87. The zero-order valence-corrected chi connectivity index (χ0v) is 15.7. The molecule has 1 saturated carbocycles. The molecule has 3 rings (SSSR count). The molecule has 146 valence electrons. The number of nitrogens with one attached hydrogen (secondary N) is 1. The average Bonchev–Trinajstić information content (AvgIpc) is 3.49. The third-order valence-corrected chi connectivity index (χ3v) is 4.77. The van der Waals surface area contributed by atoms with Crippen LogP contribution in [0.2, 0.25) is 0 Å². The first kappa shape index (κ1) is 19.5. The highest BCUT2D eigenvalue weighted by Gasteiger charge is 2.27. The van der Waals surface area contributed by atoms with Crippen molar-refractivity contribution in [3.8, 4) is 6.07 Å². The molecule has 0 bridgehead atoms. The quantitative estimate of drug-likeness (QED) is 0.822. The fraction of sp³-hybridized carbons (Fsp3) is 0.400. The normalized spacial score (nSPS) is 14.5. The van der Waals surface area contributed by atoms with Crippen molar-refractivity contribution in [1.29, 1.82) is 5.26 Å². The van der Waals surface area contributed by atoms with E-state index in [9.17, 15) is 24.0 Å². The van der Waals surface area contributed by atoms with E-state index in [4.69, 9.17) is 0 Å².